The Kier molecular flexibility index (Phi) is 5.65. The van der Waals surface area contributed by atoms with E-state index in [1.54, 1.807) is 30.3 Å². The Bertz CT molecular complexity index is 929. The van der Waals surface area contributed by atoms with E-state index >= 15 is 0 Å². The van der Waals surface area contributed by atoms with Crippen LogP contribution in [0.2, 0.25) is 0 Å². The van der Waals surface area contributed by atoms with Crippen molar-refractivity contribution in [3.63, 3.8) is 0 Å². The van der Waals surface area contributed by atoms with Crippen molar-refractivity contribution in [3.8, 4) is 5.75 Å². The van der Waals surface area contributed by atoms with Crippen molar-refractivity contribution in [2.24, 2.45) is 0 Å². The van der Waals surface area contributed by atoms with E-state index in [4.69, 9.17) is 4.74 Å². The topological polar surface area (TPSA) is 75.7 Å². The summed E-state index contributed by atoms with van der Waals surface area (Å²) in [6, 6.07) is 10.6. The molecule has 1 fully saturated rings. The summed E-state index contributed by atoms with van der Waals surface area (Å²) < 4.78 is 44.3. The van der Waals surface area contributed by atoms with Gasteiger partial charge in [-0.1, -0.05) is 12.1 Å². The number of methoxy groups -OCH3 is 1. The molecule has 0 saturated carbocycles. The number of carbonyl (C=O) groups is 1. The van der Waals surface area contributed by atoms with E-state index in [0.29, 0.717) is 35.7 Å². The Morgan fingerprint density at radius 2 is 1.93 bits per heavy atom. The molecule has 27 heavy (non-hydrogen) atoms. The molecule has 3 rings (SSSR count). The lowest BCUT2D eigenvalue weighted by atomic mass is 10.1. The first-order valence-corrected chi connectivity index (χ1v) is 10.2. The molecule has 0 aliphatic carbocycles. The summed E-state index contributed by atoms with van der Waals surface area (Å²) in [5.74, 6) is -0.124. The van der Waals surface area contributed by atoms with Crippen LogP contribution >= 0.6 is 0 Å². The Hall–Kier alpha value is -2.61. The zero-order valence-corrected chi connectivity index (χ0v) is 15.8. The number of benzene rings is 2. The first-order valence-electron chi connectivity index (χ1n) is 8.62. The SMILES string of the molecule is COc1cc(NC(=O)Cc2ccc(F)cc2)ccc1N1CCCCS1(=O)=O. The van der Waals surface area contributed by atoms with Crippen molar-refractivity contribution in [1.82, 2.24) is 0 Å². The third-order valence-corrected chi connectivity index (χ3v) is 6.21. The van der Waals surface area contributed by atoms with Crippen LogP contribution in [0.25, 0.3) is 0 Å². The average molecular weight is 392 g/mol. The summed E-state index contributed by atoms with van der Waals surface area (Å²) in [7, 11) is -1.90. The molecular formula is C19H21FN2O4S. The summed E-state index contributed by atoms with van der Waals surface area (Å²) in [6.45, 7) is 0.412. The van der Waals surface area contributed by atoms with Gasteiger partial charge < -0.3 is 10.1 Å². The van der Waals surface area contributed by atoms with Crippen LogP contribution in [0.3, 0.4) is 0 Å². The van der Waals surface area contributed by atoms with Crippen LogP contribution in [-0.2, 0) is 21.2 Å². The van der Waals surface area contributed by atoms with Crippen LogP contribution in [0.15, 0.2) is 42.5 Å². The van der Waals surface area contributed by atoms with Gasteiger partial charge in [-0.15, -0.1) is 0 Å². The quantitative estimate of drug-likeness (QED) is 0.849. The van der Waals surface area contributed by atoms with Gasteiger partial charge in [0.1, 0.15) is 11.6 Å². The molecule has 0 unspecified atom stereocenters. The Balaban J connectivity index is 1.75. The van der Waals surface area contributed by atoms with Gasteiger partial charge in [-0.25, -0.2) is 12.8 Å². The minimum Gasteiger partial charge on any atom is -0.494 e. The van der Waals surface area contributed by atoms with Gasteiger partial charge in [-0.3, -0.25) is 9.10 Å². The Morgan fingerprint density at radius 3 is 2.59 bits per heavy atom. The van der Waals surface area contributed by atoms with Crippen molar-refractivity contribution in [2.75, 3.05) is 29.0 Å². The highest BCUT2D eigenvalue weighted by Crippen LogP contribution is 2.34. The van der Waals surface area contributed by atoms with E-state index in [0.717, 1.165) is 6.42 Å². The van der Waals surface area contributed by atoms with Crippen LogP contribution in [-0.4, -0.2) is 33.7 Å². The Morgan fingerprint density at radius 1 is 1.19 bits per heavy atom. The fourth-order valence-electron chi connectivity index (χ4n) is 3.01. The van der Waals surface area contributed by atoms with Gasteiger partial charge in [0.05, 0.1) is 25.0 Å². The molecule has 8 heteroatoms. The molecule has 2 aromatic carbocycles. The van der Waals surface area contributed by atoms with Crippen molar-refractivity contribution in [1.29, 1.82) is 0 Å². The van der Waals surface area contributed by atoms with Crippen LogP contribution in [0, 0.1) is 5.82 Å². The summed E-state index contributed by atoms with van der Waals surface area (Å²) in [4.78, 5) is 12.2. The maximum atomic E-state index is 12.9. The van der Waals surface area contributed by atoms with Crippen LogP contribution in [0.5, 0.6) is 5.75 Å². The van der Waals surface area contributed by atoms with Crippen molar-refractivity contribution in [3.05, 3.63) is 53.8 Å². The molecular weight excluding hydrogens is 371 g/mol. The van der Waals surface area contributed by atoms with E-state index < -0.39 is 10.0 Å². The lowest BCUT2D eigenvalue weighted by Crippen LogP contribution is -2.38. The van der Waals surface area contributed by atoms with E-state index in [2.05, 4.69) is 5.32 Å². The highest BCUT2D eigenvalue weighted by molar-refractivity contribution is 7.92. The van der Waals surface area contributed by atoms with Gasteiger partial charge in [-0.05, 0) is 42.7 Å². The standard InChI is InChI=1S/C19H21FN2O4S/c1-26-18-13-16(21-19(23)12-14-4-6-15(20)7-5-14)8-9-17(18)22-10-2-3-11-27(22,24)25/h4-9,13H,2-3,10-12H2,1H3,(H,21,23). The number of hydrogen-bond acceptors (Lipinski definition) is 4. The minimum atomic E-state index is -3.35. The highest BCUT2D eigenvalue weighted by Gasteiger charge is 2.28. The lowest BCUT2D eigenvalue weighted by molar-refractivity contribution is -0.115. The third-order valence-electron chi connectivity index (χ3n) is 4.36. The lowest BCUT2D eigenvalue weighted by Gasteiger charge is -2.29. The van der Waals surface area contributed by atoms with Crippen LogP contribution < -0.4 is 14.4 Å². The molecule has 2 aromatic rings. The summed E-state index contributed by atoms with van der Waals surface area (Å²) in [5.41, 5.74) is 1.66. The first kappa shape index (κ1) is 19.2. The number of rotatable bonds is 5. The normalized spacial score (nSPS) is 16.0. The largest absolute Gasteiger partial charge is 0.494 e. The second kappa shape index (κ2) is 7.96. The van der Waals surface area contributed by atoms with E-state index in [1.807, 2.05) is 0 Å². The molecule has 1 saturated heterocycles. The molecule has 0 bridgehead atoms. The third kappa shape index (κ3) is 4.57. The number of nitrogens with one attached hydrogen (secondary N) is 1. The second-order valence-corrected chi connectivity index (χ2v) is 8.35. The maximum Gasteiger partial charge on any atom is 0.235 e. The molecule has 1 aliphatic heterocycles. The highest BCUT2D eigenvalue weighted by atomic mass is 32.2. The maximum absolute atomic E-state index is 12.9. The van der Waals surface area contributed by atoms with Crippen LogP contribution in [0.1, 0.15) is 18.4 Å². The zero-order valence-electron chi connectivity index (χ0n) is 14.9. The summed E-state index contributed by atoms with van der Waals surface area (Å²) >= 11 is 0. The number of carbonyl (C=O) groups excluding carboxylic acids is 1. The molecule has 144 valence electrons. The predicted octanol–water partition coefficient (Wildman–Crippen LogP) is 2.95. The number of anilines is 2. The fraction of sp³-hybridized carbons (Fsp3) is 0.316. The summed E-state index contributed by atoms with van der Waals surface area (Å²) in [5, 5.41) is 2.75. The molecule has 0 radical (unpaired) electrons. The number of amides is 1. The smallest absolute Gasteiger partial charge is 0.235 e. The van der Waals surface area contributed by atoms with Crippen LogP contribution in [0.4, 0.5) is 15.8 Å². The molecule has 1 amide bonds. The van der Waals surface area contributed by atoms with Gasteiger partial charge in [0.15, 0.2) is 0 Å². The van der Waals surface area contributed by atoms with Crippen molar-refractivity contribution >= 4 is 27.3 Å². The molecule has 0 spiro atoms. The monoisotopic (exact) mass is 392 g/mol. The number of ether oxygens (including phenoxy) is 1. The number of halogens is 1. The van der Waals surface area contributed by atoms with Gasteiger partial charge in [0, 0.05) is 18.3 Å². The molecule has 0 aromatic heterocycles. The van der Waals surface area contributed by atoms with E-state index in [-0.39, 0.29) is 23.9 Å². The molecule has 0 atom stereocenters. The fourth-order valence-corrected chi connectivity index (χ4v) is 4.66. The second-order valence-electron chi connectivity index (χ2n) is 6.33. The zero-order chi connectivity index (χ0) is 19.4. The van der Waals surface area contributed by atoms with Crippen molar-refractivity contribution in [2.45, 2.75) is 19.3 Å². The van der Waals surface area contributed by atoms with Gasteiger partial charge in [0.2, 0.25) is 15.9 Å². The van der Waals surface area contributed by atoms with Gasteiger partial charge in [-0.2, -0.15) is 0 Å². The molecule has 1 N–H and O–H groups in total. The average Bonchev–Trinajstić information content (AvgIpc) is 2.63. The predicted molar refractivity (Wildman–Crippen MR) is 102 cm³/mol. The molecule has 1 aliphatic rings. The minimum absolute atomic E-state index is 0.102. The first-order chi connectivity index (χ1) is 12.9. The Labute approximate surface area is 158 Å². The van der Waals surface area contributed by atoms with E-state index in [1.165, 1.54) is 23.5 Å². The molecule has 6 nitrogen and oxygen atoms in total. The van der Waals surface area contributed by atoms with Crippen molar-refractivity contribution < 1.29 is 22.3 Å². The number of hydrogen-bond donors (Lipinski definition) is 1. The van der Waals surface area contributed by atoms with Gasteiger partial charge in [0.25, 0.3) is 0 Å². The molecule has 1 heterocycles. The number of nitrogens with zero attached hydrogens (tertiary/aromatic N) is 1. The number of sulfonamides is 1. The van der Waals surface area contributed by atoms with Gasteiger partial charge >= 0.3 is 0 Å². The van der Waals surface area contributed by atoms with E-state index in [9.17, 15) is 17.6 Å². The summed E-state index contributed by atoms with van der Waals surface area (Å²) in [6.07, 6.45) is 1.54.